The molecule has 0 bridgehead atoms. The summed E-state index contributed by atoms with van der Waals surface area (Å²) in [5.74, 6) is 0.990. The average molecular weight is 327 g/mol. The third-order valence-corrected chi connectivity index (χ3v) is 5.09. The lowest BCUT2D eigenvalue weighted by molar-refractivity contribution is 0.629. The highest BCUT2D eigenvalue weighted by Crippen LogP contribution is 2.21. The molecule has 0 unspecified atom stereocenters. The predicted molar refractivity (Wildman–Crippen MR) is 93.5 cm³/mol. The highest BCUT2D eigenvalue weighted by atomic mass is 32.1. The topological polar surface area (TPSA) is 54.3 Å². The number of benzene rings is 1. The Morgan fingerprint density at radius 1 is 1.09 bits per heavy atom. The van der Waals surface area contributed by atoms with Gasteiger partial charge in [-0.2, -0.15) is 0 Å². The quantitative estimate of drug-likeness (QED) is 0.717. The van der Waals surface area contributed by atoms with Crippen molar-refractivity contribution in [3.63, 3.8) is 0 Å². The van der Waals surface area contributed by atoms with E-state index in [4.69, 9.17) is 0 Å². The number of anilines is 2. The van der Waals surface area contributed by atoms with Crippen molar-refractivity contribution in [1.82, 2.24) is 14.5 Å². The Bertz CT molecular complexity index is 895. The van der Waals surface area contributed by atoms with Crippen LogP contribution in [-0.2, 0) is 7.05 Å². The second-order valence-corrected chi connectivity index (χ2v) is 6.55. The van der Waals surface area contributed by atoms with Crippen LogP contribution in [0.25, 0.3) is 10.9 Å². The molecule has 1 fully saturated rings. The molecule has 0 spiro atoms. The van der Waals surface area contributed by atoms with Crippen LogP contribution in [-0.4, -0.2) is 40.7 Å². The summed E-state index contributed by atoms with van der Waals surface area (Å²) in [7, 11) is 2.01. The molecule has 118 valence electrons. The van der Waals surface area contributed by atoms with Gasteiger partial charge in [0.1, 0.15) is 0 Å². The number of para-hydroxylation sites is 1. The number of hydrogen-bond acceptors (Lipinski definition) is 6. The lowest BCUT2D eigenvalue weighted by Gasteiger charge is -2.35. The fraction of sp³-hybridized carbons (Fsp3) is 0.312. The van der Waals surface area contributed by atoms with E-state index in [0.717, 1.165) is 42.8 Å². The van der Waals surface area contributed by atoms with Crippen molar-refractivity contribution in [1.29, 1.82) is 0 Å². The number of aromatic nitrogens is 3. The first-order chi connectivity index (χ1) is 11.2. The Labute approximate surface area is 137 Å². The van der Waals surface area contributed by atoms with Crippen molar-refractivity contribution in [2.24, 2.45) is 7.05 Å². The highest BCUT2D eigenvalue weighted by Gasteiger charge is 2.21. The second kappa shape index (κ2) is 5.66. The van der Waals surface area contributed by atoms with Crippen LogP contribution >= 0.6 is 11.3 Å². The van der Waals surface area contributed by atoms with Gasteiger partial charge in [-0.15, -0.1) is 0 Å². The van der Waals surface area contributed by atoms with E-state index in [1.165, 1.54) is 11.3 Å². The van der Waals surface area contributed by atoms with Gasteiger partial charge in [0.05, 0.1) is 10.9 Å². The molecule has 23 heavy (non-hydrogen) atoms. The normalized spacial score (nSPS) is 15.3. The van der Waals surface area contributed by atoms with Gasteiger partial charge in [0, 0.05) is 45.6 Å². The van der Waals surface area contributed by atoms with Gasteiger partial charge in [-0.1, -0.05) is 23.5 Å². The van der Waals surface area contributed by atoms with Gasteiger partial charge < -0.3 is 14.4 Å². The number of fused-ring (bicyclic) bond motifs is 1. The van der Waals surface area contributed by atoms with Crippen LogP contribution in [0, 0.1) is 0 Å². The highest BCUT2D eigenvalue weighted by molar-refractivity contribution is 7.13. The predicted octanol–water partition coefficient (Wildman–Crippen LogP) is 1.72. The third kappa shape index (κ3) is 2.57. The number of aryl methyl sites for hydroxylation is 1. The number of hydrogen-bond donors (Lipinski definition) is 0. The van der Waals surface area contributed by atoms with Gasteiger partial charge in [-0.3, -0.25) is 4.79 Å². The van der Waals surface area contributed by atoms with E-state index < -0.39 is 0 Å². The SMILES string of the molecule is Cn1ccnc1N1CCN(c2nc3ccccc3c(=O)s2)CC1. The summed E-state index contributed by atoms with van der Waals surface area (Å²) < 4.78 is 2.11. The molecule has 1 aliphatic rings. The van der Waals surface area contributed by atoms with Crippen molar-refractivity contribution >= 4 is 33.3 Å². The molecule has 0 N–H and O–H groups in total. The molecule has 0 aliphatic carbocycles. The third-order valence-electron chi connectivity index (χ3n) is 4.15. The monoisotopic (exact) mass is 327 g/mol. The minimum absolute atomic E-state index is 0.0807. The Balaban J connectivity index is 1.57. The molecule has 6 nitrogen and oxygen atoms in total. The van der Waals surface area contributed by atoms with Gasteiger partial charge in [0.15, 0.2) is 5.13 Å². The van der Waals surface area contributed by atoms with Crippen LogP contribution in [0.3, 0.4) is 0 Å². The van der Waals surface area contributed by atoms with Crippen molar-refractivity contribution < 1.29 is 0 Å². The molecule has 0 saturated carbocycles. The van der Waals surface area contributed by atoms with E-state index in [0.29, 0.717) is 5.39 Å². The maximum atomic E-state index is 12.3. The van der Waals surface area contributed by atoms with Crippen molar-refractivity contribution in [2.45, 2.75) is 0 Å². The Kier molecular flexibility index (Phi) is 3.49. The fourth-order valence-corrected chi connectivity index (χ4v) is 3.81. The minimum atomic E-state index is 0.0807. The first-order valence-electron chi connectivity index (χ1n) is 7.59. The van der Waals surface area contributed by atoms with Crippen molar-refractivity contribution in [3.8, 4) is 0 Å². The molecule has 0 atom stereocenters. The van der Waals surface area contributed by atoms with Crippen LogP contribution in [0.15, 0.2) is 41.5 Å². The first kappa shape index (κ1) is 14.2. The van der Waals surface area contributed by atoms with E-state index in [1.54, 1.807) is 0 Å². The van der Waals surface area contributed by atoms with Gasteiger partial charge in [-0.25, -0.2) is 9.97 Å². The van der Waals surface area contributed by atoms with Gasteiger partial charge in [-0.05, 0) is 12.1 Å². The van der Waals surface area contributed by atoms with Crippen LogP contribution < -0.4 is 14.5 Å². The summed E-state index contributed by atoms with van der Waals surface area (Å²) in [5, 5.41) is 1.51. The molecular weight excluding hydrogens is 310 g/mol. The van der Waals surface area contributed by atoms with Crippen molar-refractivity contribution in [2.75, 3.05) is 36.0 Å². The Morgan fingerprint density at radius 3 is 2.57 bits per heavy atom. The average Bonchev–Trinajstić information content (AvgIpc) is 3.01. The fourth-order valence-electron chi connectivity index (χ4n) is 2.90. The van der Waals surface area contributed by atoms with Crippen LogP contribution in [0.2, 0.25) is 0 Å². The molecule has 2 aromatic heterocycles. The molecule has 1 aliphatic heterocycles. The zero-order valence-electron chi connectivity index (χ0n) is 12.8. The maximum absolute atomic E-state index is 12.3. The largest absolute Gasteiger partial charge is 0.344 e. The molecule has 0 radical (unpaired) electrons. The lowest BCUT2D eigenvalue weighted by atomic mass is 10.2. The summed E-state index contributed by atoms with van der Waals surface area (Å²) in [6, 6.07) is 7.53. The number of rotatable bonds is 2. The van der Waals surface area contributed by atoms with Crippen LogP contribution in [0.4, 0.5) is 11.1 Å². The number of piperazine rings is 1. The molecule has 7 heteroatoms. The summed E-state index contributed by atoms with van der Waals surface area (Å²) in [6.07, 6.45) is 3.77. The summed E-state index contributed by atoms with van der Waals surface area (Å²) in [6.45, 7) is 3.43. The van der Waals surface area contributed by atoms with Crippen LogP contribution in [0.1, 0.15) is 0 Å². The van der Waals surface area contributed by atoms with E-state index in [-0.39, 0.29) is 4.74 Å². The summed E-state index contributed by atoms with van der Waals surface area (Å²) in [5.41, 5.74) is 0.776. The zero-order valence-corrected chi connectivity index (χ0v) is 13.7. The molecule has 3 aromatic rings. The Hall–Kier alpha value is -2.41. The van der Waals surface area contributed by atoms with E-state index in [2.05, 4.69) is 19.8 Å². The molecule has 0 amide bonds. The number of nitrogens with zero attached hydrogens (tertiary/aromatic N) is 5. The van der Waals surface area contributed by atoms with Crippen molar-refractivity contribution in [3.05, 3.63) is 46.2 Å². The summed E-state index contributed by atoms with van der Waals surface area (Å²) >= 11 is 1.24. The first-order valence-corrected chi connectivity index (χ1v) is 8.41. The molecular formula is C16H17N5OS. The van der Waals surface area contributed by atoms with Crippen LogP contribution in [0.5, 0.6) is 0 Å². The number of imidazole rings is 1. The zero-order chi connectivity index (χ0) is 15.8. The van der Waals surface area contributed by atoms with E-state index in [9.17, 15) is 4.79 Å². The molecule has 3 heterocycles. The summed E-state index contributed by atoms with van der Waals surface area (Å²) in [4.78, 5) is 25.8. The van der Waals surface area contributed by atoms with Gasteiger partial charge in [0.25, 0.3) is 0 Å². The lowest BCUT2D eigenvalue weighted by Crippen LogP contribution is -2.47. The molecule has 1 aromatic carbocycles. The minimum Gasteiger partial charge on any atom is -0.344 e. The van der Waals surface area contributed by atoms with Gasteiger partial charge in [0.2, 0.25) is 10.7 Å². The second-order valence-electron chi connectivity index (χ2n) is 5.61. The standard InChI is InChI=1S/C16H17N5OS/c1-19-7-6-17-15(19)20-8-10-21(11-9-20)16-18-13-5-3-2-4-12(13)14(22)23-16/h2-7H,8-11H2,1H3. The molecule has 1 saturated heterocycles. The molecule has 4 rings (SSSR count). The maximum Gasteiger partial charge on any atom is 0.245 e. The smallest absolute Gasteiger partial charge is 0.245 e. The van der Waals surface area contributed by atoms with E-state index >= 15 is 0 Å². The van der Waals surface area contributed by atoms with E-state index in [1.807, 2.05) is 48.3 Å². The Morgan fingerprint density at radius 2 is 1.83 bits per heavy atom. The van der Waals surface area contributed by atoms with Gasteiger partial charge >= 0.3 is 0 Å².